The third-order valence-electron chi connectivity index (χ3n) is 4.12. The largest absolute Gasteiger partial charge is 0.394 e. The van der Waals surface area contributed by atoms with Crippen LogP contribution < -0.4 is 10.2 Å². The maximum atomic E-state index is 12.4. The number of benzene rings is 1. The number of amides is 1. The third kappa shape index (κ3) is 4.35. The molecule has 0 aliphatic heterocycles. The molecule has 1 unspecified atom stereocenters. The molecule has 0 spiro atoms. The molecule has 2 N–H and O–H groups in total. The van der Waals surface area contributed by atoms with E-state index in [0.29, 0.717) is 5.56 Å². The molecule has 1 aromatic carbocycles. The number of aromatic nitrogens is 2. The molecule has 1 amide bonds. The van der Waals surface area contributed by atoms with Crippen molar-refractivity contribution in [1.82, 2.24) is 14.9 Å². The number of imidazole rings is 1. The van der Waals surface area contributed by atoms with E-state index in [1.165, 1.54) is 0 Å². The maximum absolute atomic E-state index is 12.4. The van der Waals surface area contributed by atoms with Crippen molar-refractivity contribution in [2.45, 2.75) is 25.8 Å². The summed E-state index contributed by atoms with van der Waals surface area (Å²) in [6, 6.07) is 7.04. The minimum Gasteiger partial charge on any atom is -0.394 e. The second-order valence-electron chi connectivity index (χ2n) is 5.96. The van der Waals surface area contributed by atoms with Crippen molar-refractivity contribution < 1.29 is 9.90 Å². The van der Waals surface area contributed by atoms with E-state index in [0.717, 1.165) is 30.8 Å². The Morgan fingerprint density at radius 2 is 2.08 bits per heavy atom. The summed E-state index contributed by atoms with van der Waals surface area (Å²) < 4.78 is 1.78. The zero-order chi connectivity index (χ0) is 17.5. The van der Waals surface area contributed by atoms with Crippen LogP contribution in [0.3, 0.4) is 0 Å². The molecule has 2 aromatic rings. The van der Waals surface area contributed by atoms with E-state index in [-0.39, 0.29) is 12.5 Å². The summed E-state index contributed by atoms with van der Waals surface area (Å²) in [5, 5.41) is 12.4. The number of carbonyl (C=O) groups is 1. The lowest BCUT2D eigenvalue weighted by Crippen LogP contribution is -2.32. The van der Waals surface area contributed by atoms with Gasteiger partial charge >= 0.3 is 0 Å². The first-order valence-corrected chi connectivity index (χ1v) is 8.26. The molecule has 6 heteroatoms. The highest BCUT2D eigenvalue weighted by Crippen LogP contribution is 2.16. The number of aliphatic hydroxyl groups excluding tert-OH is 1. The summed E-state index contributed by atoms with van der Waals surface area (Å²) in [5.74, 6) is -0.210. The lowest BCUT2D eigenvalue weighted by molar-refractivity contribution is 0.0914. The molecule has 1 atom stereocenters. The molecule has 0 saturated carbocycles. The van der Waals surface area contributed by atoms with Gasteiger partial charge in [-0.05, 0) is 30.7 Å². The van der Waals surface area contributed by atoms with Crippen molar-refractivity contribution in [2.75, 3.05) is 25.1 Å². The van der Waals surface area contributed by atoms with Gasteiger partial charge in [0.25, 0.3) is 5.91 Å². The van der Waals surface area contributed by atoms with E-state index in [9.17, 15) is 9.90 Å². The highest BCUT2D eigenvalue weighted by Gasteiger charge is 2.17. The van der Waals surface area contributed by atoms with Crippen molar-refractivity contribution in [2.24, 2.45) is 7.05 Å². The molecule has 2 rings (SSSR count). The number of rotatable bonds is 8. The van der Waals surface area contributed by atoms with Crippen LogP contribution in [0.2, 0.25) is 0 Å². The number of nitrogens with zero attached hydrogens (tertiary/aromatic N) is 3. The van der Waals surface area contributed by atoms with Gasteiger partial charge in [0, 0.05) is 31.9 Å². The summed E-state index contributed by atoms with van der Waals surface area (Å²) in [5.41, 5.74) is 2.43. The second kappa shape index (κ2) is 8.49. The number of anilines is 1. The summed E-state index contributed by atoms with van der Waals surface area (Å²) in [4.78, 5) is 18.6. The Hall–Kier alpha value is -2.34. The van der Waals surface area contributed by atoms with Crippen molar-refractivity contribution in [3.8, 4) is 0 Å². The van der Waals surface area contributed by atoms with Gasteiger partial charge in [-0.15, -0.1) is 0 Å². The fourth-order valence-electron chi connectivity index (χ4n) is 2.55. The molecular formula is C18H26N4O2. The normalized spacial score (nSPS) is 12.0. The molecule has 0 aliphatic rings. The van der Waals surface area contributed by atoms with Crippen LogP contribution in [0.5, 0.6) is 0 Å². The average Bonchev–Trinajstić information content (AvgIpc) is 3.03. The van der Waals surface area contributed by atoms with Crippen LogP contribution in [0.25, 0.3) is 0 Å². The van der Waals surface area contributed by atoms with Gasteiger partial charge in [0.2, 0.25) is 0 Å². The number of aliphatic hydroxyl groups is 1. The molecule has 6 nitrogen and oxygen atoms in total. The Bertz CT molecular complexity index is 651. The van der Waals surface area contributed by atoms with Gasteiger partial charge < -0.3 is 19.9 Å². The fourth-order valence-corrected chi connectivity index (χ4v) is 2.55. The number of nitrogens with one attached hydrogen (secondary N) is 1. The number of aryl methyl sites for hydroxylation is 1. The van der Waals surface area contributed by atoms with Crippen molar-refractivity contribution in [3.63, 3.8) is 0 Å². The molecule has 0 fully saturated rings. The number of carbonyl (C=O) groups excluding carboxylic acids is 1. The molecule has 0 bridgehead atoms. The van der Waals surface area contributed by atoms with Gasteiger partial charge in [-0.2, -0.15) is 0 Å². The highest BCUT2D eigenvalue weighted by atomic mass is 16.3. The SMILES string of the molecule is CCCCN(C)c1ccc(C(=O)NC(CO)c2cncn2C)cc1. The van der Waals surface area contributed by atoms with Crippen molar-refractivity contribution in [3.05, 3.63) is 48.0 Å². The maximum Gasteiger partial charge on any atom is 0.251 e. The first-order chi connectivity index (χ1) is 11.6. The minimum atomic E-state index is -0.475. The summed E-state index contributed by atoms with van der Waals surface area (Å²) in [6.45, 7) is 2.99. The fraction of sp³-hybridized carbons (Fsp3) is 0.444. The molecule has 130 valence electrons. The predicted molar refractivity (Wildman–Crippen MR) is 95.1 cm³/mol. The summed E-state index contributed by atoms with van der Waals surface area (Å²) in [6.07, 6.45) is 5.58. The Morgan fingerprint density at radius 1 is 1.38 bits per heavy atom. The predicted octanol–water partition coefficient (Wildman–Crippen LogP) is 2.12. The van der Waals surface area contributed by atoms with E-state index >= 15 is 0 Å². The topological polar surface area (TPSA) is 70.4 Å². The smallest absolute Gasteiger partial charge is 0.251 e. The Balaban J connectivity index is 2.03. The van der Waals surface area contributed by atoms with E-state index in [1.54, 1.807) is 17.1 Å². The third-order valence-corrected chi connectivity index (χ3v) is 4.12. The quantitative estimate of drug-likeness (QED) is 0.778. The highest BCUT2D eigenvalue weighted by molar-refractivity contribution is 5.94. The molecule has 0 radical (unpaired) electrons. The lowest BCUT2D eigenvalue weighted by Gasteiger charge is -2.20. The van der Waals surface area contributed by atoms with Crippen LogP contribution in [0.4, 0.5) is 5.69 Å². The van der Waals surface area contributed by atoms with Crippen LogP contribution in [0.1, 0.15) is 41.9 Å². The van der Waals surface area contributed by atoms with E-state index < -0.39 is 6.04 Å². The zero-order valence-electron chi connectivity index (χ0n) is 14.6. The molecule has 24 heavy (non-hydrogen) atoms. The van der Waals surface area contributed by atoms with Gasteiger partial charge in [0.05, 0.1) is 30.9 Å². The zero-order valence-corrected chi connectivity index (χ0v) is 14.6. The van der Waals surface area contributed by atoms with E-state index in [1.807, 2.05) is 31.3 Å². The first kappa shape index (κ1) is 18.0. The van der Waals surface area contributed by atoms with Gasteiger partial charge in [-0.3, -0.25) is 4.79 Å². The van der Waals surface area contributed by atoms with Crippen molar-refractivity contribution >= 4 is 11.6 Å². The van der Waals surface area contributed by atoms with Crippen LogP contribution in [0, 0.1) is 0 Å². The van der Waals surface area contributed by atoms with E-state index in [2.05, 4.69) is 29.2 Å². The average molecular weight is 330 g/mol. The van der Waals surface area contributed by atoms with Crippen LogP contribution in [-0.4, -0.2) is 40.8 Å². The van der Waals surface area contributed by atoms with Gasteiger partial charge in [0.15, 0.2) is 0 Å². The van der Waals surface area contributed by atoms with Crippen LogP contribution in [0.15, 0.2) is 36.8 Å². The number of hydrogen-bond donors (Lipinski definition) is 2. The molecule has 0 saturated heterocycles. The van der Waals surface area contributed by atoms with Gasteiger partial charge in [-0.25, -0.2) is 4.98 Å². The second-order valence-corrected chi connectivity index (χ2v) is 5.96. The molecule has 0 aliphatic carbocycles. The molecule has 1 aromatic heterocycles. The number of hydrogen-bond acceptors (Lipinski definition) is 4. The van der Waals surface area contributed by atoms with Gasteiger partial charge in [0.1, 0.15) is 0 Å². The first-order valence-electron chi connectivity index (χ1n) is 8.26. The summed E-state index contributed by atoms with van der Waals surface area (Å²) >= 11 is 0. The van der Waals surface area contributed by atoms with Crippen molar-refractivity contribution in [1.29, 1.82) is 0 Å². The number of unbranched alkanes of at least 4 members (excludes halogenated alkanes) is 1. The van der Waals surface area contributed by atoms with E-state index in [4.69, 9.17) is 0 Å². The van der Waals surface area contributed by atoms with Crippen LogP contribution >= 0.6 is 0 Å². The minimum absolute atomic E-state index is 0.177. The van der Waals surface area contributed by atoms with Gasteiger partial charge in [-0.1, -0.05) is 13.3 Å². The molecule has 1 heterocycles. The summed E-state index contributed by atoms with van der Waals surface area (Å²) in [7, 11) is 3.88. The molecular weight excluding hydrogens is 304 g/mol. The Morgan fingerprint density at radius 3 is 2.62 bits per heavy atom. The Labute approximate surface area is 143 Å². The van der Waals surface area contributed by atoms with Crippen LogP contribution in [-0.2, 0) is 7.05 Å². The monoisotopic (exact) mass is 330 g/mol. The standard InChI is InChI=1S/C18H26N4O2/c1-4-5-10-21(2)15-8-6-14(7-9-15)18(24)20-16(12-23)17-11-19-13-22(17)3/h6-9,11,13,16,23H,4-5,10,12H2,1-3H3,(H,20,24). The lowest BCUT2D eigenvalue weighted by atomic mass is 10.1. The Kier molecular flexibility index (Phi) is 6.37.